The molecule has 0 atom stereocenters. The summed E-state index contributed by atoms with van der Waals surface area (Å²) in [7, 11) is 3.17. The summed E-state index contributed by atoms with van der Waals surface area (Å²) >= 11 is 0. The Morgan fingerprint density at radius 2 is 1.90 bits per heavy atom. The molecule has 0 saturated carbocycles. The number of rotatable bonds is 8. The van der Waals surface area contributed by atoms with Gasteiger partial charge >= 0.3 is 0 Å². The van der Waals surface area contributed by atoms with Crippen molar-refractivity contribution in [3.63, 3.8) is 0 Å². The Labute approximate surface area is 120 Å². The van der Waals surface area contributed by atoms with Crippen molar-refractivity contribution in [1.82, 2.24) is 4.90 Å². The number of carbonyl (C=O) groups excluding carboxylic acids is 1. The van der Waals surface area contributed by atoms with Gasteiger partial charge in [0.15, 0.2) is 0 Å². The van der Waals surface area contributed by atoms with Crippen molar-refractivity contribution in [3.05, 3.63) is 18.2 Å². The number of benzene rings is 1. The first kappa shape index (κ1) is 16.3. The van der Waals surface area contributed by atoms with Crippen LogP contribution in [0.2, 0.25) is 0 Å². The van der Waals surface area contributed by atoms with Gasteiger partial charge in [-0.2, -0.15) is 0 Å². The van der Waals surface area contributed by atoms with Gasteiger partial charge in [-0.1, -0.05) is 13.8 Å². The molecule has 0 spiro atoms. The van der Waals surface area contributed by atoms with Crippen molar-refractivity contribution in [2.24, 2.45) is 0 Å². The Kier molecular flexibility index (Phi) is 6.87. The molecule has 1 amide bonds. The average Bonchev–Trinajstić information content (AvgIpc) is 2.48. The van der Waals surface area contributed by atoms with Crippen LogP contribution in [0.15, 0.2) is 18.2 Å². The minimum Gasteiger partial charge on any atom is -0.497 e. The normalized spacial score (nSPS) is 10.4. The van der Waals surface area contributed by atoms with Crippen molar-refractivity contribution in [2.75, 3.05) is 39.2 Å². The molecule has 1 aromatic rings. The number of nitrogens with zero attached hydrogens (tertiary/aromatic N) is 1. The molecule has 112 valence electrons. The van der Waals surface area contributed by atoms with Gasteiger partial charge in [-0.3, -0.25) is 4.79 Å². The van der Waals surface area contributed by atoms with E-state index in [2.05, 4.69) is 24.1 Å². The van der Waals surface area contributed by atoms with E-state index in [-0.39, 0.29) is 5.91 Å². The van der Waals surface area contributed by atoms with Crippen LogP contribution in [0.5, 0.6) is 11.5 Å². The topological polar surface area (TPSA) is 50.8 Å². The lowest BCUT2D eigenvalue weighted by Crippen LogP contribution is -2.27. The molecule has 0 radical (unpaired) electrons. The molecule has 0 unspecified atom stereocenters. The Bertz CT molecular complexity index is 431. The van der Waals surface area contributed by atoms with Gasteiger partial charge in [0.25, 0.3) is 0 Å². The second-order valence-corrected chi connectivity index (χ2v) is 4.39. The van der Waals surface area contributed by atoms with Gasteiger partial charge in [0, 0.05) is 19.0 Å². The third kappa shape index (κ3) is 4.74. The van der Waals surface area contributed by atoms with Gasteiger partial charge in [-0.15, -0.1) is 0 Å². The van der Waals surface area contributed by atoms with Crippen LogP contribution in [0.25, 0.3) is 0 Å². The number of anilines is 1. The fourth-order valence-electron chi connectivity index (χ4n) is 1.92. The molecule has 0 aliphatic rings. The van der Waals surface area contributed by atoms with Gasteiger partial charge in [-0.05, 0) is 25.2 Å². The van der Waals surface area contributed by atoms with Crippen LogP contribution in [0.4, 0.5) is 5.69 Å². The van der Waals surface area contributed by atoms with E-state index >= 15 is 0 Å². The average molecular weight is 280 g/mol. The lowest BCUT2D eigenvalue weighted by atomic mass is 10.2. The number of carbonyl (C=O) groups is 1. The largest absolute Gasteiger partial charge is 0.497 e. The molecule has 0 aromatic heterocycles. The first-order chi connectivity index (χ1) is 9.64. The van der Waals surface area contributed by atoms with Gasteiger partial charge in [0.05, 0.1) is 19.9 Å². The number of hydrogen-bond acceptors (Lipinski definition) is 4. The van der Waals surface area contributed by atoms with Crippen molar-refractivity contribution < 1.29 is 14.3 Å². The van der Waals surface area contributed by atoms with Crippen LogP contribution in [0.3, 0.4) is 0 Å². The van der Waals surface area contributed by atoms with Gasteiger partial charge in [0.1, 0.15) is 11.5 Å². The fraction of sp³-hybridized carbons (Fsp3) is 0.533. The second kappa shape index (κ2) is 8.43. The first-order valence-electron chi connectivity index (χ1n) is 6.88. The van der Waals surface area contributed by atoms with E-state index in [9.17, 15) is 4.79 Å². The lowest BCUT2D eigenvalue weighted by Gasteiger charge is -2.17. The van der Waals surface area contributed by atoms with Gasteiger partial charge in [0.2, 0.25) is 5.91 Å². The van der Waals surface area contributed by atoms with Crippen molar-refractivity contribution >= 4 is 11.6 Å². The standard InChI is InChI=1S/C15H24N2O3/c1-5-17(6-2)10-9-15(18)16-13-11-12(19-3)7-8-14(13)20-4/h7-8,11H,5-6,9-10H2,1-4H3,(H,16,18). The molecule has 1 aromatic carbocycles. The molecule has 5 nitrogen and oxygen atoms in total. The Morgan fingerprint density at radius 1 is 1.20 bits per heavy atom. The monoisotopic (exact) mass is 280 g/mol. The summed E-state index contributed by atoms with van der Waals surface area (Å²) in [5.41, 5.74) is 0.636. The summed E-state index contributed by atoms with van der Waals surface area (Å²) in [4.78, 5) is 14.2. The second-order valence-electron chi connectivity index (χ2n) is 4.39. The van der Waals surface area contributed by atoms with E-state index in [1.165, 1.54) is 0 Å². The van der Waals surface area contributed by atoms with E-state index in [1.807, 2.05) is 0 Å². The van der Waals surface area contributed by atoms with Gasteiger partial charge < -0.3 is 19.7 Å². The summed E-state index contributed by atoms with van der Waals surface area (Å²) in [5, 5.41) is 2.87. The summed E-state index contributed by atoms with van der Waals surface area (Å²) < 4.78 is 10.4. The van der Waals surface area contributed by atoms with Gasteiger partial charge in [-0.25, -0.2) is 0 Å². The van der Waals surface area contributed by atoms with E-state index in [1.54, 1.807) is 32.4 Å². The number of amides is 1. The molecule has 0 heterocycles. The maximum Gasteiger partial charge on any atom is 0.225 e. The molecule has 0 saturated heterocycles. The summed E-state index contributed by atoms with van der Waals surface area (Å²) in [6.07, 6.45) is 0.460. The van der Waals surface area contributed by atoms with E-state index in [4.69, 9.17) is 9.47 Å². The molecule has 0 aliphatic carbocycles. The molecule has 20 heavy (non-hydrogen) atoms. The molecule has 0 bridgehead atoms. The molecule has 1 rings (SSSR count). The molecule has 1 N–H and O–H groups in total. The summed E-state index contributed by atoms with van der Waals surface area (Å²) in [5.74, 6) is 1.29. The number of nitrogens with one attached hydrogen (secondary N) is 1. The molecule has 0 aliphatic heterocycles. The minimum atomic E-state index is -0.0246. The van der Waals surface area contributed by atoms with E-state index in [0.717, 1.165) is 19.6 Å². The van der Waals surface area contributed by atoms with E-state index < -0.39 is 0 Å². The minimum absolute atomic E-state index is 0.0246. The predicted octanol–water partition coefficient (Wildman–Crippen LogP) is 2.37. The highest BCUT2D eigenvalue weighted by molar-refractivity contribution is 5.92. The Balaban J connectivity index is 2.64. The summed E-state index contributed by atoms with van der Waals surface area (Å²) in [6, 6.07) is 5.33. The summed E-state index contributed by atoms with van der Waals surface area (Å²) in [6.45, 7) is 6.84. The maximum atomic E-state index is 12.0. The number of methoxy groups -OCH3 is 2. The zero-order chi connectivity index (χ0) is 15.0. The predicted molar refractivity (Wildman–Crippen MR) is 80.6 cm³/mol. The Morgan fingerprint density at radius 3 is 2.45 bits per heavy atom. The maximum absolute atomic E-state index is 12.0. The SMILES string of the molecule is CCN(CC)CCC(=O)Nc1cc(OC)ccc1OC. The highest BCUT2D eigenvalue weighted by Gasteiger charge is 2.10. The first-order valence-corrected chi connectivity index (χ1v) is 6.88. The number of ether oxygens (including phenoxy) is 2. The quantitative estimate of drug-likeness (QED) is 0.794. The van der Waals surface area contributed by atoms with Crippen molar-refractivity contribution in [1.29, 1.82) is 0 Å². The third-order valence-corrected chi connectivity index (χ3v) is 3.23. The van der Waals surface area contributed by atoms with Crippen molar-refractivity contribution in [2.45, 2.75) is 20.3 Å². The van der Waals surface area contributed by atoms with E-state index in [0.29, 0.717) is 23.6 Å². The van der Waals surface area contributed by atoms with Crippen LogP contribution in [-0.2, 0) is 4.79 Å². The van der Waals surface area contributed by atoms with Crippen LogP contribution in [0.1, 0.15) is 20.3 Å². The highest BCUT2D eigenvalue weighted by Crippen LogP contribution is 2.28. The zero-order valence-corrected chi connectivity index (χ0v) is 12.7. The van der Waals surface area contributed by atoms with Crippen LogP contribution < -0.4 is 14.8 Å². The van der Waals surface area contributed by atoms with Crippen LogP contribution in [-0.4, -0.2) is 44.7 Å². The molecular formula is C15H24N2O3. The lowest BCUT2D eigenvalue weighted by molar-refractivity contribution is -0.116. The smallest absolute Gasteiger partial charge is 0.225 e. The van der Waals surface area contributed by atoms with Crippen LogP contribution >= 0.6 is 0 Å². The highest BCUT2D eigenvalue weighted by atomic mass is 16.5. The molecule has 0 fully saturated rings. The zero-order valence-electron chi connectivity index (χ0n) is 12.7. The molecular weight excluding hydrogens is 256 g/mol. The fourth-order valence-corrected chi connectivity index (χ4v) is 1.92. The third-order valence-electron chi connectivity index (χ3n) is 3.23. The van der Waals surface area contributed by atoms with Crippen molar-refractivity contribution in [3.8, 4) is 11.5 Å². The molecule has 5 heteroatoms. The van der Waals surface area contributed by atoms with Crippen LogP contribution in [0, 0.1) is 0 Å². The number of hydrogen-bond donors (Lipinski definition) is 1. The Hall–Kier alpha value is -1.75.